The number of unbranched alkanes of at least 4 members (excludes halogenated alkanes) is 3. The molecule has 1 rings (SSSR count). The molecule has 10 nitrogen and oxygen atoms in total. The van der Waals surface area contributed by atoms with Crippen molar-refractivity contribution in [3.8, 4) is 5.75 Å². The largest absolute Gasteiger partial charge is 0.506 e. The van der Waals surface area contributed by atoms with Crippen LogP contribution < -0.4 is 10.7 Å². The van der Waals surface area contributed by atoms with Gasteiger partial charge in [-0.05, 0) is 25.0 Å². The maximum atomic E-state index is 11.8. The normalized spacial score (nSPS) is 14.3. The lowest BCUT2D eigenvalue weighted by Gasteiger charge is -2.17. The molecule has 0 aliphatic heterocycles. The van der Waals surface area contributed by atoms with Crippen molar-refractivity contribution in [3.05, 3.63) is 24.3 Å². The molecule has 1 aromatic carbocycles. The number of hydrazone groups is 1. The minimum Gasteiger partial charge on any atom is -0.506 e. The van der Waals surface area contributed by atoms with Crippen molar-refractivity contribution in [2.24, 2.45) is 5.10 Å². The number of rotatable bonds is 13. The van der Waals surface area contributed by atoms with Gasteiger partial charge in [0.2, 0.25) is 11.8 Å². The summed E-state index contributed by atoms with van der Waals surface area (Å²) in [6.07, 6.45) is -0.514. The lowest BCUT2D eigenvalue weighted by molar-refractivity contribution is -0.121. The molecule has 1 aromatic rings. The first-order valence-corrected chi connectivity index (χ1v) is 9.40. The summed E-state index contributed by atoms with van der Waals surface area (Å²) in [5.74, 6) is -0.547. The van der Waals surface area contributed by atoms with Crippen molar-refractivity contribution in [3.63, 3.8) is 0 Å². The van der Waals surface area contributed by atoms with E-state index >= 15 is 0 Å². The monoisotopic (exact) mass is 411 g/mol. The number of aliphatic hydroxyl groups is 4. The zero-order chi connectivity index (χ0) is 21.6. The fraction of sp³-hybridized carbons (Fsp3) is 0.526. The Hall–Kier alpha value is -2.53. The van der Waals surface area contributed by atoms with Gasteiger partial charge in [0.05, 0.1) is 18.5 Å². The molecule has 2 amide bonds. The molecule has 0 saturated heterocycles. The fourth-order valence-corrected chi connectivity index (χ4v) is 2.38. The number of carbonyl (C=O) groups excluding carboxylic acids is 2. The summed E-state index contributed by atoms with van der Waals surface area (Å²) in [4.78, 5) is 23.4. The second kappa shape index (κ2) is 13.6. The molecule has 0 aromatic heterocycles. The summed E-state index contributed by atoms with van der Waals surface area (Å²) >= 11 is 0. The topological polar surface area (TPSA) is 172 Å². The lowest BCUT2D eigenvalue weighted by atomic mass is 10.1. The van der Waals surface area contributed by atoms with Gasteiger partial charge in [-0.25, -0.2) is 5.43 Å². The number of phenolic OH excluding ortho intramolecular Hbond substituents is 1. The first-order chi connectivity index (χ1) is 13.8. The number of nitrogens with zero attached hydrogens (tertiary/aromatic N) is 1. The molecule has 0 aliphatic carbocycles. The number of carbonyl (C=O) groups is 2. The molecule has 0 saturated carbocycles. The van der Waals surface area contributed by atoms with Gasteiger partial charge in [-0.2, -0.15) is 5.10 Å². The number of nitrogens with one attached hydrogen (secondary N) is 2. The average molecular weight is 411 g/mol. The Morgan fingerprint density at radius 1 is 1.00 bits per heavy atom. The smallest absolute Gasteiger partial charge is 0.240 e. The molecular weight excluding hydrogens is 382 g/mol. The predicted molar refractivity (Wildman–Crippen MR) is 106 cm³/mol. The third-order valence-electron chi connectivity index (χ3n) is 4.08. The van der Waals surface area contributed by atoms with Crippen LogP contribution in [0, 0.1) is 0 Å². The van der Waals surface area contributed by atoms with Gasteiger partial charge in [-0.3, -0.25) is 9.59 Å². The number of hydrogen-bond acceptors (Lipinski definition) is 8. The Morgan fingerprint density at radius 2 is 1.62 bits per heavy atom. The van der Waals surface area contributed by atoms with Crippen LogP contribution >= 0.6 is 0 Å². The molecule has 0 fully saturated rings. The summed E-state index contributed by atoms with van der Waals surface area (Å²) in [5.41, 5.74) is 2.57. The standard InChI is InChI=1S/C19H29N3O7/c23-12-16(26)19(29)15(25)11-20-22-18(28)10-4-2-1-3-9-17(27)21-13-7-5-6-8-14(13)24/h5-8,11,15-16,19,23-26,29H,1-4,9-10,12H2,(H,21,27)(H,22,28)/b20-11+/t15-,16+,19+/m0/s1. The lowest BCUT2D eigenvalue weighted by Crippen LogP contribution is -2.40. The van der Waals surface area contributed by atoms with Crippen LogP contribution in [0.4, 0.5) is 5.69 Å². The van der Waals surface area contributed by atoms with Crippen molar-refractivity contribution in [2.45, 2.75) is 56.8 Å². The maximum Gasteiger partial charge on any atom is 0.240 e. The van der Waals surface area contributed by atoms with E-state index in [9.17, 15) is 24.9 Å². The van der Waals surface area contributed by atoms with Gasteiger partial charge in [0, 0.05) is 12.8 Å². The SMILES string of the molecule is O=C(CCCCCCC(=O)Nc1ccccc1O)N/N=C/[C@H](O)[C@@H](O)[C@H](O)CO. The van der Waals surface area contributed by atoms with Crippen LogP contribution in [0.2, 0.25) is 0 Å². The van der Waals surface area contributed by atoms with Crippen LogP contribution in [0.1, 0.15) is 38.5 Å². The van der Waals surface area contributed by atoms with E-state index in [1.165, 1.54) is 6.07 Å². The highest BCUT2D eigenvalue weighted by molar-refractivity contribution is 5.92. The number of benzene rings is 1. The second-order valence-electron chi connectivity index (χ2n) is 6.52. The van der Waals surface area contributed by atoms with E-state index in [0.717, 1.165) is 19.1 Å². The molecule has 0 heterocycles. The van der Waals surface area contributed by atoms with Crippen molar-refractivity contribution in [1.82, 2.24) is 5.43 Å². The first-order valence-electron chi connectivity index (χ1n) is 9.40. The van der Waals surface area contributed by atoms with Crippen LogP contribution in [0.3, 0.4) is 0 Å². The van der Waals surface area contributed by atoms with Crippen molar-refractivity contribution >= 4 is 23.7 Å². The number of para-hydroxylation sites is 2. The van der Waals surface area contributed by atoms with Gasteiger partial charge in [0.1, 0.15) is 24.1 Å². The van der Waals surface area contributed by atoms with Crippen LogP contribution in [0.25, 0.3) is 0 Å². The van der Waals surface area contributed by atoms with Gasteiger partial charge >= 0.3 is 0 Å². The first kappa shape index (κ1) is 24.5. The molecule has 3 atom stereocenters. The Morgan fingerprint density at radius 3 is 2.24 bits per heavy atom. The van der Waals surface area contributed by atoms with E-state index < -0.39 is 24.9 Å². The maximum absolute atomic E-state index is 11.8. The van der Waals surface area contributed by atoms with Gasteiger partial charge in [0.25, 0.3) is 0 Å². The second-order valence-corrected chi connectivity index (χ2v) is 6.52. The molecule has 0 spiro atoms. The third kappa shape index (κ3) is 9.99. The zero-order valence-corrected chi connectivity index (χ0v) is 16.1. The van der Waals surface area contributed by atoms with Crippen molar-refractivity contribution in [1.29, 1.82) is 0 Å². The quantitative estimate of drug-likeness (QED) is 0.102. The number of amides is 2. The summed E-state index contributed by atoms with van der Waals surface area (Å²) in [5, 5.41) is 52.5. The molecular formula is C19H29N3O7. The van der Waals surface area contributed by atoms with Crippen LogP contribution in [-0.4, -0.2) is 68.5 Å². The molecule has 0 aliphatic rings. The van der Waals surface area contributed by atoms with Crippen LogP contribution in [0.15, 0.2) is 29.4 Å². The van der Waals surface area contributed by atoms with Gasteiger partial charge in [0.15, 0.2) is 0 Å². The van der Waals surface area contributed by atoms with Crippen LogP contribution in [-0.2, 0) is 9.59 Å². The van der Waals surface area contributed by atoms with E-state index in [1.807, 2.05) is 0 Å². The molecule has 0 unspecified atom stereocenters. The average Bonchev–Trinajstić information content (AvgIpc) is 2.70. The van der Waals surface area contributed by atoms with E-state index in [0.29, 0.717) is 24.9 Å². The zero-order valence-electron chi connectivity index (χ0n) is 16.1. The minimum atomic E-state index is -1.61. The van der Waals surface area contributed by atoms with Crippen molar-refractivity contribution < 1.29 is 35.1 Å². The number of anilines is 1. The predicted octanol–water partition coefficient (Wildman–Crippen LogP) is -0.152. The highest BCUT2D eigenvalue weighted by Gasteiger charge is 2.22. The Kier molecular flexibility index (Phi) is 11.5. The highest BCUT2D eigenvalue weighted by atomic mass is 16.4. The molecule has 29 heavy (non-hydrogen) atoms. The van der Waals surface area contributed by atoms with Gasteiger partial charge in [-0.15, -0.1) is 0 Å². The van der Waals surface area contributed by atoms with Gasteiger partial charge in [-0.1, -0.05) is 25.0 Å². The summed E-state index contributed by atoms with van der Waals surface area (Å²) in [7, 11) is 0. The number of aromatic hydroxyl groups is 1. The summed E-state index contributed by atoms with van der Waals surface area (Å²) in [6, 6.07) is 6.49. The molecule has 0 radical (unpaired) electrons. The third-order valence-corrected chi connectivity index (χ3v) is 4.08. The number of phenols is 1. The Bertz CT molecular complexity index is 669. The Labute approximate surface area is 168 Å². The van der Waals surface area contributed by atoms with E-state index in [-0.39, 0.29) is 24.0 Å². The van der Waals surface area contributed by atoms with Crippen molar-refractivity contribution in [2.75, 3.05) is 11.9 Å². The Balaban J connectivity index is 2.11. The number of aliphatic hydroxyl groups excluding tert-OH is 4. The highest BCUT2D eigenvalue weighted by Crippen LogP contribution is 2.21. The van der Waals surface area contributed by atoms with Gasteiger partial charge < -0.3 is 30.8 Å². The molecule has 7 N–H and O–H groups in total. The van der Waals surface area contributed by atoms with E-state index in [4.69, 9.17) is 10.2 Å². The number of hydrogen-bond donors (Lipinski definition) is 7. The summed E-state index contributed by atoms with van der Waals surface area (Å²) < 4.78 is 0. The summed E-state index contributed by atoms with van der Waals surface area (Å²) in [6.45, 7) is -0.713. The van der Waals surface area contributed by atoms with E-state index in [1.54, 1.807) is 18.2 Å². The fourth-order valence-electron chi connectivity index (χ4n) is 2.38. The molecule has 162 valence electrons. The van der Waals surface area contributed by atoms with E-state index in [2.05, 4.69) is 15.8 Å². The molecule has 0 bridgehead atoms. The van der Waals surface area contributed by atoms with Crippen LogP contribution in [0.5, 0.6) is 5.75 Å². The molecule has 10 heteroatoms. The minimum absolute atomic E-state index is 0.0149.